The molecule has 5 nitrogen and oxygen atoms in total. The number of rotatable bonds is 1. The molecule has 1 saturated heterocycles. The van der Waals surface area contributed by atoms with Crippen LogP contribution in [0.5, 0.6) is 0 Å². The van der Waals surface area contributed by atoms with Gasteiger partial charge in [-0.1, -0.05) is 0 Å². The van der Waals surface area contributed by atoms with Crippen LogP contribution in [0.25, 0.3) is 0 Å². The zero-order valence-corrected chi connectivity index (χ0v) is 11.5. The number of aromatic nitrogens is 2. The maximum absolute atomic E-state index is 12.7. The molecule has 1 aromatic heterocycles. The van der Waals surface area contributed by atoms with Gasteiger partial charge in [0, 0.05) is 25.2 Å². The minimum atomic E-state index is -4.59. The molecule has 0 spiro atoms. The maximum atomic E-state index is 12.7. The molecule has 1 aliphatic rings. The van der Waals surface area contributed by atoms with Gasteiger partial charge >= 0.3 is 6.18 Å². The zero-order chi connectivity index (χ0) is 14.9. The Hall–Kier alpha value is -1.57. The number of hydrogen-bond acceptors (Lipinski definition) is 5. The molecule has 0 aliphatic carbocycles. The Balaban J connectivity index is 2.34. The summed E-state index contributed by atoms with van der Waals surface area (Å²) >= 11 is 0. The first-order valence-corrected chi connectivity index (χ1v) is 6.44. The van der Waals surface area contributed by atoms with E-state index in [-0.39, 0.29) is 17.7 Å². The number of halogens is 3. The van der Waals surface area contributed by atoms with Crippen LogP contribution in [0.3, 0.4) is 0 Å². The van der Waals surface area contributed by atoms with Crippen LogP contribution in [-0.4, -0.2) is 47.6 Å². The van der Waals surface area contributed by atoms with E-state index < -0.39 is 12.0 Å². The van der Waals surface area contributed by atoms with Crippen LogP contribution in [0, 0.1) is 0 Å². The predicted octanol–water partition coefficient (Wildman–Crippen LogP) is 1.61. The van der Waals surface area contributed by atoms with Crippen molar-refractivity contribution in [3.63, 3.8) is 0 Å². The Labute approximate surface area is 115 Å². The maximum Gasteiger partial charge on any atom is 0.451 e. The minimum Gasteiger partial charge on any atom is -0.384 e. The van der Waals surface area contributed by atoms with E-state index >= 15 is 0 Å². The van der Waals surface area contributed by atoms with E-state index in [2.05, 4.69) is 14.9 Å². The van der Waals surface area contributed by atoms with Gasteiger partial charge in [-0.3, -0.25) is 0 Å². The lowest BCUT2D eigenvalue weighted by Crippen LogP contribution is -2.38. The highest BCUT2D eigenvalue weighted by Crippen LogP contribution is 2.29. The lowest BCUT2D eigenvalue weighted by Gasteiger charge is -2.29. The molecule has 2 rings (SSSR count). The molecule has 0 saturated carbocycles. The second-order valence-electron chi connectivity index (χ2n) is 5.13. The van der Waals surface area contributed by atoms with Crippen molar-refractivity contribution in [2.45, 2.75) is 25.6 Å². The largest absolute Gasteiger partial charge is 0.451 e. The first kappa shape index (κ1) is 14.8. The van der Waals surface area contributed by atoms with E-state index in [0.29, 0.717) is 6.54 Å². The van der Waals surface area contributed by atoms with Gasteiger partial charge in [-0.15, -0.1) is 0 Å². The first-order valence-electron chi connectivity index (χ1n) is 6.44. The molecule has 1 aromatic rings. The van der Waals surface area contributed by atoms with Crippen LogP contribution in [0.15, 0.2) is 6.07 Å². The third kappa shape index (κ3) is 3.30. The molecule has 0 bridgehead atoms. The fourth-order valence-corrected chi connectivity index (χ4v) is 2.44. The van der Waals surface area contributed by atoms with Gasteiger partial charge in [-0.2, -0.15) is 13.2 Å². The fraction of sp³-hybridized carbons (Fsp3) is 0.667. The van der Waals surface area contributed by atoms with Crippen molar-refractivity contribution in [2.75, 3.05) is 37.3 Å². The quantitative estimate of drug-likeness (QED) is 0.851. The fourth-order valence-electron chi connectivity index (χ4n) is 2.44. The van der Waals surface area contributed by atoms with E-state index in [1.807, 2.05) is 18.9 Å². The van der Waals surface area contributed by atoms with Crippen LogP contribution in [0.4, 0.5) is 24.8 Å². The van der Waals surface area contributed by atoms with Gasteiger partial charge in [0.1, 0.15) is 11.6 Å². The average molecular weight is 289 g/mol. The summed E-state index contributed by atoms with van der Waals surface area (Å²) in [6.45, 7) is 4.30. The van der Waals surface area contributed by atoms with Gasteiger partial charge in [0.25, 0.3) is 0 Å². The highest BCUT2D eigenvalue weighted by atomic mass is 19.4. The second-order valence-corrected chi connectivity index (χ2v) is 5.13. The van der Waals surface area contributed by atoms with E-state index in [1.165, 1.54) is 6.07 Å². The summed E-state index contributed by atoms with van der Waals surface area (Å²) in [5.41, 5.74) is 5.49. The van der Waals surface area contributed by atoms with E-state index in [4.69, 9.17) is 5.73 Å². The topological polar surface area (TPSA) is 58.3 Å². The van der Waals surface area contributed by atoms with Crippen LogP contribution < -0.4 is 10.6 Å². The molecule has 1 unspecified atom stereocenters. The van der Waals surface area contributed by atoms with Crippen LogP contribution >= 0.6 is 0 Å². The van der Waals surface area contributed by atoms with Gasteiger partial charge in [-0.05, 0) is 26.9 Å². The van der Waals surface area contributed by atoms with E-state index in [0.717, 1.165) is 19.5 Å². The summed E-state index contributed by atoms with van der Waals surface area (Å²) in [6, 6.07) is 1.47. The Morgan fingerprint density at radius 3 is 2.65 bits per heavy atom. The number of alkyl halides is 3. The standard InChI is InChI=1S/C12H18F3N5/c1-8-7-19(2)4-3-5-20(8)10-6-9(16)17-11(18-10)12(13,14)15/h6,8H,3-5,7H2,1-2H3,(H2,16,17,18). The molecule has 0 amide bonds. The highest BCUT2D eigenvalue weighted by molar-refractivity contribution is 5.48. The van der Waals surface area contributed by atoms with Crippen LogP contribution in [-0.2, 0) is 6.18 Å². The number of nitrogens with zero attached hydrogens (tertiary/aromatic N) is 4. The normalized spacial score (nSPS) is 21.9. The Kier molecular flexibility index (Phi) is 4.03. The minimum absolute atomic E-state index is 0.0675. The third-order valence-corrected chi connectivity index (χ3v) is 3.33. The van der Waals surface area contributed by atoms with Crippen LogP contribution in [0.1, 0.15) is 19.2 Å². The van der Waals surface area contributed by atoms with Gasteiger partial charge in [-0.25, -0.2) is 9.97 Å². The summed E-state index contributed by atoms with van der Waals surface area (Å²) in [6.07, 6.45) is -3.72. The lowest BCUT2D eigenvalue weighted by atomic mass is 10.2. The lowest BCUT2D eigenvalue weighted by molar-refractivity contribution is -0.144. The molecule has 0 aromatic carbocycles. The van der Waals surface area contributed by atoms with Crippen molar-refractivity contribution in [3.05, 3.63) is 11.9 Å². The molecule has 1 atom stereocenters. The van der Waals surface area contributed by atoms with Crippen molar-refractivity contribution in [2.24, 2.45) is 0 Å². The predicted molar refractivity (Wildman–Crippen MR) is 70.4 cm³/mol. The monoisotopic (exact) mass is 289 g/mol. The molecular formula is C12H18F3N5. The SMILES string of the molecule is CC1CN(C)CCCN1c1cc(N)nc(C(F)(F)F)n1. The summed E-state index contributed by atoms with van der Waals surface area (Å²) < 4.78 is 38.2. The third-order valence-electron chi connectivity index (χ3n) is 3.33. The van der Waals surface area contributed by atoms with Crippen molar-refractivity contribution in [1.29, 1.82) is 0 Å². The Bertz CT molecular complexity index is 477. The number of nitrogens with two attached hydrogens (primary N) is 1. The molecule has 20 heavy (non-hydrogen) atoms. The summed E-state index contributed by atoms with van der Waals surface area (Å²) in [7, 11) is 2.00. The molecule has 112 valence electrons. The smallest absolute Gasteiger partial charge is 0.384 e. The summed E-state index contributed by atoms with van der Waals surface area (Å²) in [5.74, 6) is -1.10. The van der Waals surface area contributed by atoms with Crippen LogP contribution in [0.2, 0.25) is 0 Å². The summed E-state index contributed by atoms with van der Waals surface area (Å²) in [5, 5.41) is 0. The van der Waals surface area contributed by atoms with Gasteiger partial charge in [0.15, 0.2) is 0 Å². The molecule has 2 N–H and O–H groups in total. The molecule has 0 radical (unpaired) electrons. The number of hydrogen-bond donors (Lipinski definition) is 1. The first-order chi connectivity index (χ1) is 9.27. The number of nitrogen functional groups attached to an aromatic ring is 1. The number of likely N-dealkylation sites (N-methyl/N-ethyl adjacent to an activating group) is 1. The summed E-state index contributed by atoms with van der Waals surface area (Å²) in [4.78, 5) is 10.9. The van der Waals surface area contributed by atoms with E-state index in [9.17, 15) is 13.2 Å². The highest BCUT2D eigenvalue weighted by Gasteiger charge is 2.36. The number of anilines is 2. The molecule has 1 aliphatic heterocycles. The Morgan fingerprint density at radius 1 is 1.30 bits per heavy atom. The zero-order valence-electron chi connectivity index (χ0n) is 11.5. The second kappa shape index (κ2) is 5.43. The molecule has 1 fully saturated rings. The van der Waals surface area contributed by atoms with E-state index in [1.54, 1.807) is 0 Å². The van der Waals surface area contributed by atoms with Gasteiger partial charge < -0.3 is 15.5 Å². The average Bonchev–Trinajstić information content (AvgIpc) is 2.48. The van der Waals surface area contributed by atoms with Crippen molar-refractivity contribution < 1.29 is 13.2 Å². The van der Waals surface area contributed by atoms with Gasteiger partial charge in [0.2, 0.25) is 5.82 Å². The Morgan fingerprint density at radius 2 is 2.00 bits per heavy atom. The van der Waals surface area contributed by atoms with Crippen molar-refractivity contribution >= 4 is 11.6 Å². The van der Waals surface area contributed by atoms with Crippen molar-refractivity contribution in [1.82, 2.24) is 14.9 Å². The van der Waals surface area contributed by atoms with Crippen molar-refractivity contribution in [3.8, 4) is 0 Å². The molecular weight excluding hydrogens is 271 g/mol. The molecule has 8 heteroatoms. The van der Waals surface area contributed by atoms with Gasteiger partial charge in [0.05, 0.1) is 0 Å². The molecule has 2 heterocycles.